The first-order chi connectivity index (χ1) is 12.6. The van der Waals surface area contributed by atoms with E-state index in [2.05, 4.69) is 16.0 Å². The molecule has 6 nitrogen and oxygen atoms in total. The molecule has 0 bridgehead atoms. The molecule has 0 fully saturated rings. The summed E-state index contributed by atoms with van der Waals surface area (Å²) in [6.45, 7) is 2.28. The molecule has 1 aromatic carbocycles. The van der Waals surface area contributed by atoms with Crippen molar-refractivity contribution in [3.8, 4) is 11.5 Å². The number of H-pyrrole nitrogens is 1. The highest BCUT2D eigenvalue weighted by atomic mass is 16.5. The van der Waals surface area contributed by atoms with Crippen molar-refractivity contribution in [1.29, 1.82) is 0 Å². The van der Waals surface area contributed by atoms with Crippen molar-refractivity contribution in [2.24, 2.45) is 0 Å². The second-order valence-corrected chi connectivity index (χ2v) is 6.40. The third-order valence-corrected chi connectivity index (χ3v) is 5.03. The maximum absolute atomic E-state index is 12.3. The number of ether oxygens (including phenoxy) is 2. The molecular weight excluding hydrogens is 330 g/mol. The number of carbonyl (C=O) groups excluding carboxylic acids is 1. The average Bonchev–Trinajstić information content (AvgIpc) is 3.05. The zero-order chi connectivity index (χ0) is 18.3. The number of nitrogens with zero attached hydrogens (tertiary/aromatic N) is 2. The molecular formula is C20H21N3O3. The van der Waals surface area contributed by atoms with Crippen molar-refractivity contribution in [1.82, 2.24) is 14.9 Å². The van der Waals surface area contributed by atoms with E-state index in [1.807, 2.05) is 29.2 Å². The summed E-state index contributed by atoms with van der Waals surface area (Å²) < 4.78 is 10.8. The molecule has 1 unspecified atom stereocenters. The van der Waals surface area contributed by atoms with Gasteiger partial charge in [-0.2, -0.15) is 0 Å². The van der Waals surface area contributed by atoms with E-state index in [0.29, 0.717) is 18.0 Å². The largest absolute Gasteiger partial charge is 0.493 e. The minimum absolute atomic E-state index is 0.0436. The van der Waals surface area contributed by atoms with E-state index in [-0.39, 0.29) is 11.9 Å². The molecule has 3 heterocycles. The standard InChI is InChI=1S/C20H21N3O3/c1-12(24)23-10-8-14-15-5-4-9-21-20(15)22-18(14)19(23)13-6-7-16(25-2)17(11-13)26-3/h4-7,9,11,19H,8,10H2,1-3H3,(H,21,22). The molecule has 6 heteroatoms. The molecule has 134 valence electrons. The van der Waals surface area contributed by atoms with E-state index in [0.717, 1.165) is 28.7 Å². The SMILES string of the molecule is COc1ccc(C2c3[nH]c4ncccc4c3CCN2C(C)=O)cc1OC. The van der Waals surface area contributed by atoms with Gasteiger partial charge < -0.3 is 19.4 Å². The van der Waals surface area contributed by atoms with Crippen LogP contribution in [0, 0.1) is 0 Å². The molecule has 0 saturated carbocycles. The third kappa shape index (κ3) is 2.49. The fourth-order valence-electron chi connectivity index (χ4n) is 3.83. The number of hydrogen-bond donors (Lipinski definition) is 1. The first kappa shape index (κ1) is 16.4. The topological polar surface area (TPSA) is 67.5 Å². The minimum Gasteiger partial charge on any atom is -0.493 e. The van der Waals surface area contributed by atoms with Gasteiger partial charge in [-0.15, -0.1) is 0 Å². The van der Waals surface area contributed by atoms with Crippen LogP contribution in [0.5, 0.6) is 11.5 Å². The molecule has 0 radical (unpaired) electrons. The van der Waals surface area contributed by atoms with E-state index in [1.165, 1.54) is 5.56 Å². The summed E-state index contributed by atoms with van der Waals surface area (Å²) >= 11 is 0. The van der Waals surface area contributed by atoms with Gasteiger partial charge in [0.1, 0.15) is 5.65 Å². The Morgan fingerprint density at radius 2 is 2.04 bits per heavy atom. The molecule has 0 saturated heterocycles. The zero-order valence-electron chi connectivity index (χ0n) is 15.1. The normalized spacial score (nSPS) is 16.4. The van der Waals surface area contributed by atoms with Crippen LogP contribution in [0.2, 0.25) is 0 Å². The Kier molecular flexibility index (Phi) is 4.03. The zero-order valence-corrected chi connectivity index (χ0v) is 15.1. The lowest BCUT2D eigenvalue weighted by Crippen LogP contribution is -2.39. The van der Waals surface area contributed by atoms with Crippen molar-refractivity contribution in [2.45, 2.75) is 19.4 Å². The van der Waals surface area contributed by atoms with Gasteiger partial charge in [-0.05, 0) is 41.8 Å². The number of pyridine rings is 1. The maximum Gasteiger partial charge on any atom is 0.220 e. The molecule has 3 aromatic rings. The van der Waals surface area contributed by atoms with Crippen molar-refractivity contribution < 1.29 is 14.3 Å². The Morgan fingerprint density at radius 3 is 2.77 bits per heavy atom. The van der Waals surface area contributed by atoms with Crippen LogP contribution in [-0.4, -0.2) is 41.5 Å². The lowest BCUT2D eigenvalue weighted by atomic mass is 9.92. The highest BCUT2D eigenvalue weighted by Crippen LogP contribution is 2.40. The number of nitrogens with one attached hydrogen (secondary N) is 1. The molecule has 1 aliphatic heterocycles. The Balaban J connectivity index is 1.91. The minimum atomic E-state index is -0.203. The number of hydrogen-bond acceptors (Lipinski definition) is 4. The van der Waals surface area contributed by atoms with Gasteiger partial charge >= 0.3 is 0 Å². The lowest BCUT2D eigenvalue weighted by molar-refractivity contribution is -0.130. The smallest absolute Gasteiger partial charge is 0.220 e. The second kappa shape index (κ2) is 6.37. The van der Waals surface area contributed by atoms with Crippen molar-refractivity contribution in [3.05, 3.63) is 53.3 Å². The second-order valence-electron chi connectivity index (χ2n) is 6.40. The van der Waals surface area contributed by atoms with Gasteiger partial charge in [-0.1, -0.05) is 6.07 Å². The quantitative estimate of drug-likeness (QED) is 0.787. The molecule has 4 rings (SSSR count). The summed E-state index contributed by atoms with van der Waals surface area (Å²) in [5, 5.41) is 1.12. The number of rotatable bonds is 3. The summed E-state index contributed by atoms with van der Waals surface area (Å²) in [6, 6.07) is 9.61. The Labute approximate surface area is 151 Å². The van der Waals surface area contributed by atoms with Gasteiger partial charge in [0, 0.05) is 30.7 Å². The highest BCUT2D eigenvalue weighted by Gasteiger charge is 2.33. The van der Waals surface area contributed by atoms with Crippen LogP contribution < -0.4 is 9.47 Å². The van der Waals surface area contributed by atoms with Crippen LogP contribution in [0.4, 0.5) is 0 Å². The Hall–Kier alpha value is -3.02. The van der Waals surface area contributed by atoms with E-state index >= 15 is 0 Å². The molecule has 0 spiro atoms. The molecule has 2 aromatic heterocycles. The molecule has 1 N–H and O–H groups in total. The lowest BCUT2D eigenvalue weighted by Gasteiger charge is -2.35. The fraction of sp³-hybridized carbons (Fsp3) is 0.300. The summed E-state index contributed by atoms with van der Waals surface area (Å²) in [4.78, 5) is 22.1. The summed E-state index contributed by atoms with van der Waals surface area (Å²) in [5.41, 5.74) is 4.08. The summed E-state index contributed by atoms with van der Waals surface area (Å²) in [6.07, 6.45) is 2.59. The number of fused-ring (bicyclic) bond motifs is 3. The van der Waals surface area contributed by atoms with Crippen LogP contribution in [0.15, 0.2) is 36.5 Å². The first-order valence-electron chi connectivity index (χ1n) is 8.58. The van der Waals surface area contributed by atoms with E-state index < -0.39 is 0 Å². The fourth-order valence-corrected chi connectivity index (χ4v) is 3.83. The Bertz CT molecular complexity index is 980. The number of benzene rings is 1. The molecule has 1 aliphatic rings. The number of carbonyl (C=O) groups is 1. The van der Waals surface area contributed by atoms with Gasteiger partial charge in [-0.3, -0.25) is 4.79 Å². The first-order valence-corrected chi connectivity index (χ1v) is 8.58. The predicted octanol–water partition coefficient (Wildman–Crippen LogP) is 3.07. The van der Waals surface area contributed by atoms with E-state index in [1.54, 1.807) is 27.3 Å². The monoisotopic (exact) mass is 351 g/mol. The predicted molar refractivity (Wildman–Crippen MR) is 98.6 cm³/mol. The van der Waals surface area contributed by atoms with Gasteiger partial charge in [0.05, 0.1) is 20.3 Å². The van der Waals surface area contributed by atoms with Crippen molar-refractivity contribution in [2.75, 3.05) is 20.8 Å². The van der Waals surface area contributed by atoms with E-state index in [4.69, 9.17) is 9.47 Å². The molecule has 0 aliphatic carbocycles. The molecule has 26 heavy (non-hydrogen) atoms. The third-order valence-electron chi connectivity index (χ3n) is 5.03. The molecule has 1 atom stereocenters. The van der Waals surface area contributed by atoms with Gasteiger partial charge in [0.2, 0.25) is 5.91 Å². The highest BCUT2D eigenvalue weighted by molar-refractivity contribution is 5.83. The van der Waals surface area contributed by atoms with Crippen molar-refractivity contribution in [3.63, 3.8) is 0 Å². The van der Waals surface area contributed by atoms with Crippen LogP contribution in [0.25, 0.3) is 11.0 Å². The summed E-state index contributed by atoms with van der Waals surface area (Å²) in [7, 11) is 3.23. The van der Waals surface area contributed by atoms with Crippen molar-refractivity contribution >= 4 is 16.9 Å². The number of aromatic amines is 1. The van der Waals surface area contributed by atoms with Crippen LogP contribution in [-0.2, 0) is 11.2 Å². The number of methoxy groups -OCH3 is 2. The van der Waals surface area contributed by atoms with Gasteiger partial charge in [0.15, 0.2) is 11.5 Å². The molecule has 1 amide bonds. The van der Waals surface area contributed by atoms with E-state index in [9.17, 15) is 4.79 Å². The van der Waals surface area contributed by atoms with Gasteiger partial charge in [0.25, 0.3) is 0 Å². The number of amides is 1. The summed E-state index contributed by atoms with van der Waals surface area (Å²) in [5.74, 6) is 1.36. The Morgan fingerprint density at radius 1 is 1.23 bits per heavy atom. The maximum atomic E-state index is 12.3. The average molecular weight is 351 g/mol. The van der Waals surface area contributed by atoms with Crippen LogP contribution >= 0.6 is 0 Å². The van der Waals surface area contributed by atoms with Crippen LogP contribution in [0.3, 0.4) is 0 Å². The van der Waals surface area contributed by atoms with Gasteiger partial charge in [-0.25, -0.2) is 4.98 Å². The number of aromatic nitrogens is 2. The van der Waals surface area contributed by atoms with Crippen LogP contribution in [0.1, 0.15) is 29.8 Å².